The lowest BCUT2D eigenvalue weighted by Gasteiger charge is -2.17. The molecule has 0 aromatic heterocycles. The third-order valence-corrected chi connectivity index (χ3v) is 1.33. The van der Waals surface area contributed by atoms with Gasteiger partial charge in [-0.2, -0.15) is 0 Å². The number of nitrogens with one attached hydrogen (secondary N) is 1. The van der Waals surface area contributed by atoms with Gasteiger partial charge in [-0.15, -0.1) is 0 Å². The van der Waals surface area contributed by atoms with E-state index in [0.29, 0.717) is 6.54 Å². The van der Waals surface area contributed by atoms with Gasteiger partial charge in [0.15, 0.2) is 0 Å². The van der Waals surface area contributed by atoms with Crippen molar-refractivity contribution in [1.82, 2.24) is 5.32 Å². The van der Waals surface area contributed by atoms with Crippen molar-refractivity contribution in [2.24, 2.45) is 0 Å². The van der Waals surface area contributed by atoms with E-state index in [1.165, 1.54) is 6.08 Å². The Bertz CT molecular complexity index is 251. The van der Waals surface area contributed by atoms with Crippen LogP contribution in [0.15, 0.2) is 12.2 Å². The Kier molecular flexibility index (Phi) is 5.67. The molecule has 86 valence electrons. The third-order valence-electron chi connectivity index (χ3n) is 1.33. The topological polar surface area (TPSA) is 55.4 Å². The lowest BCUT2D eigenvalue weighted by molar-refractivity contribution is -0.148. The number of esters is 1. The molecule has 4 heteroatoms. The van der Waals surface area contributed by atoms with Crippen molar-refractivity contribution in [2.45, 2.75) is 39.7 Å². The first-order valence-electron chi connectivity index (χ1n) is 5.04. The van der Waals surface area contributed by atoms with E-state index in [1.54, 1.807) is 20.8 Å². The Morgan fingerprint density at radius 3 is 2.33 bits per heavy atom. The van der Waals surface area contributed by atoms with Crippen molar-refractivity contribution in [3.8, 4) is 0 Å². The molecule has 0 aromatic carbocycles. The lowest BCUT2D eigenvalue weighted by Crippen LogP contribution is -2.24. The SMILES string of the molecule is CCCNC(=O)/C=C/C(=O)OC(C)(C)C. The van der Waals surface area contributed by atoms with Gasteiger partial charge in [0.1, 0.15) is 5.60 Å². The van der Waals surface area contributed by atoms with Gasteiger partial charge in [-0.3, -0.25) is 4.79 Å². The van der Waals surface area contributed by atoms with Gasteiger partial charge >= 0.3 is 5.97 Å². The van der Waals surface area contributed by atoms with Crippen LogP contribution < -0.4 is 5.32 Å². The van der Waals surface area contributed by atoms with Crippen LogP contribution in [-0.2, 0) is 14.3 Å². The summed E-state index contributed by atoms with van der Waals surface area (Å²) in [5.41, 5.74) is -0.526. The summed E-state index contributed by atoms with van der Waals surface area (Å²) in [6, 6.07) is 0. The lowest BCUT2D eigenvalue weighted by atomic mass is 10.2. The maximum absolute atomic E-state index is 11.1. The molecule has 0 spiro atoms. The zero-order valence-electron chi connectivity index (χ0n) is 9.79. The van der Waals surface area contributed by atoms with Gasteiger partial charge in [0.2, 0.25) is 5.91 Å². The summed E-state index contributed by atoms with van der Waals surface area (Å²) in [4.78, 5) is 22.2. The molecule has 0 aromatic rings. The Balaban J connectivity index is 3.95. The van der Waals surface area contributed by atoms with Crippen LogP contribution >= 0.6 is 0 Å². The van der Waals surface area contributed by atoms with Crippen LogP contribution in [0.25, 0.3) is 0 Å². The molecule has 1 N–H and O–H groups in total. The number of hydrogen-bond acceptors (Lipinski definition) is 3. The van der Waals surface area contributed by atoms with Crippen LogP contribution in [0.3, 0.4) is 0 Å². The molecular formula is C11H19NO3. The summed E-state index contributed by atoms with van der Waals surface area (Å²) < 4.78 is 4.99. The Hall–Kier alpha value is -1.32. The molecule has 1 amide bonds. The van der Waals surface area contributed by atoms with Crippen molar-refractivity contribution in [3.05, 3.63) is 12.2 Å². The van der Waals surface area contributed by atoms with Crippen molar-refractivity contribution in [2.75, 3.05) is 6.54 Å². The number of carbonyl (C=O) groups is 2. The molecule has 15 heavy (non-hydrogen) atoms. The first-order valence-corrected chi connectivity index (χ1v) is 5.04. The van der Waals surface area contributed by atoms with Gasteiger partial charge < -0.3 is 10.1 Å². The van der Waals surface area contributed by atoms with E-state index in [2.05, 4.69) is 5.32 Å². The van der Waals surface area contributed by atoms with Crippen LogP contribution in [0.2, 0.25) is 0 Å². The first kappa shape index (κ1) is 13.7. The van der Waals surface area contributed by atoms with Crippen LogP contribution in [0, 0.1) is 0 Å². The Morgan fingerprint density at radius 1 is 1.27 bits per heavy atom. The van der Waals surface area contributed by atoms with Gasteiger partial charge in [-0.25, -0.2) is 4.79 Å². The molecule has 0 aliphatic carbocycles. The maximum atomic E-state index is 11.1. The van der Waals surface area contributed by atoms with Crippen LogP contribution in [0.1, 0.15) is 34.1 Å². The Morgan fingerprint density at radius 2 is 1.87 bits per heavy atom. The highest BCUT2D eigenvalue weighted by Gasteiger charge is 2.13. The van der Waals surface area contributed by atoms with Gasteiger partial charge in [0.25, 0.3) is 0 Å². The molecular weight excluding hydrogens is 194 g/mol. The molecule has 4 nitrogen and oxygen atoms in total. The smallest absolute Gasteiger partial charge is 0.331 e. The fourth-order valence-electron chi connectivity index (χ4n) is 0.787. The summed E-state index contributed by atoms with van der Waals surface area (Å²) in [5.74, 6) is -0.781. The molecule has 0 heterocycles. The summed E-state index contributed by atoms with van der Waals surface area (Å²) in [5, 5.41) is 2.62. The molecule has 0 rings (SSSR count). The third kappa shape index (κ3) is 9.00. The first-order chi connectivity index (χ1) is 6.85. The minimum absolute atomic E-state index is 0.275. The monoisotopic (exact) mass is 213 g/mol. The minimum atomic E-state index is -0.526. The number of carbonyl (C=O) groups excluding carboxylic acids is 2. The predicted octanol–water partition coefficient (Wildman–Crippen LogP) is 1.41. The minimum Gasteiger partial charge on any atom is -0.457 e. The molecule has 0 aliphatic rings. The standard InChI is InChI=1S/C11H19NO3/c1-5-8-12-9(13)6-7-10(14)15-11(2,3)4/h6-7H,5,8H2,1-4H3,(H,12,13)/b7-6+. The molecule has 0 radical (unpaired) electrons. The number of rotatable bonds is 4. The van der Waals surface area contributed by atoms with Gasteiger partial charge in [-0.1, -0.05) is 6.92 Å². The van der Waals surface area contributed by atoms with E-state index in [0.717, 1.165) is 12.5 Å². The number of ether oxygens (including phenoxy) is 1. The van der Waals surface area contributed by atoms with Crippen LogP contribution in [0.5, 0.6) is 0 Å². The van der Waals surface area contributed by atoms with Crippen molar-refractivity contribution in [1.29, 1.82) is 0 Å². The second-order valence-corrected chi connectivity index (χ2v) is 4.16. The zero-order chi connectivity index (χ0) is 11.9. The highest BCUT2D eigenvalue weighted by Crippen LogP contribution is 2.06. The van der Waals surface area contributed by atoms with Crippen molar-refractivity contribution in [3.63, 3.8) is 0 Å². The second kappa shape index (κ2) is 6.22. The molecule has 0 bridgehead atoms. The molecule has 0 aliphatic heterocycles. The second-order valence-electron chi connectivity index (χ2n) is 4.16. The summed E-state index contributed by atoms with van der Waals surface area (Å²) in [6.45, 7) is 7.89. The molecule has 0 saturated heterocycles. The summed E-state index contributed by atoms with van der Waals surface area (Å²) in [7, 11) is 0. The van der Waals surface area contributed by atoms with Gasteiger partial charge in [0.05, 0.1) is 0 Å². The van der Waals surface area contributed by atoms with Gasteiger partial charge in [0, 0.05) is 18.7 Å². The van der Waals surface area contributed by atoms with E-state index in [1.807, 2.05) is 6.92 Å². The molecule has 0 unspecified atom stereocenters. The predicted molar refractivity (Wildman–Crippen MR) is 58.3 cm³/mol. The number of hydrogen-bond donors (Lipinski definition) is 1. The van der Waals surface area contributed by atoms with E-state index in [9.17, 15) is 9.59 Å². The van der Waals surface area contributed by atoms with Gasteiger partial charge in [-0.05, 0) is 27.2 Å². The van der Waals surface area contributed by atoms with Crippen LogP contribution in [-0.4, -0.2) is 24.0 Å². The Labute approximate surface area is 90.7 Å². The van der Waals surface area contributed by atoms with E-state index >= 15 is 0 Å². The highest BCUT2D eigenvalue weighted by atomic mass is 16.6. The quantitative estimate of drug-likeness (QED) is 0.567. The van der Waals surface area contributed by atoms with Crippen molar-refractivity contribution >= 4 is 11.9 Å². The fourth-order valence-corrected chi connectivity index (χ4v) is 0.787. The molecule has 0 saturated carbocycles. The average Bonchev–Trinajstić information content (AvgIpc) is 2.08. The molecule has 0 atom stereocenters. The van der Waals surface area contributed by atoms with E-state index in [-0.39, 0.29) is 5.91 Å². The summed E-state index contributed by atoms with van der Waals surface area (Å²) >= 11 is 0. The fraction of sp³-hybridized carbons (Fsp3) is 0.636. The normalized spacial score (nSPS) is 11.5. The highest BCUT2D eigenvalue weighted by molar-refractivity contribution is 5.94. The number of amides is 1. The maximum Gasteiger partial charge on any atom is 0.331 e. The largest absolute Gasteiger partial charge is 0.457 e. The average molecular weight is 213 g/mol. The van der Waals surface area contributed by atoms with E-state index < -0.39 is 11.6 Å². The molecule has 0 fully saturated rings. The van der Waals surface area contributed by atoms with Crippen molar-refractivity contribution < 1.29 is 14.3 Å². The zero-order valence-corrected chi connectivity index (χ0v) is 9.79. The van der Waals surface area contributed by atoms with Crippen LogP contribution in [0.4, 0.5) is 0 Å². The van der Waals surface area contributed by atoms with E-state index in [4.69, 9.17) is 4.74 Å². The summed E-state index contributed by atoms with van der Waals surface area (Å²) in [6.07, 6.45) is 3.19.